The van der Waals surface area contributed by atoms with Gasteiger partial charge in [-0.1, -0.05) is 24.4 Å². The summed E-state index contributed by atoms with van der Waals surface area (Å²) in [5.74, 6) is 0. The fourth-order valence-electron chi connectivity index (χ4n) is 0.855. The van der Waals surface area contributed by atoms with Crippen LogP contribution in [0.25, 0.3) is 0 Å². The van der Waals surface area contributed by atoms with E-state index in [4.69, 9.17) is 9.05 Å². The third-order valence-electron chi connectivity index (χ3n) is 1.41. The van der Waals surface area contributed by atoms with E-state index in [9.17, 15) is 4.89 Å². The molecular formula is C9H22N2O3PS4+. The Morgan fingerprint density at radius 3 is 1.58 bits per heavy atom. The van der Waals surface area contributed by atoms with Crippen LogP contribution >= 0.6 is 57.6 Å². The van der Waals surface area contributed by atoms with Gasteiger partial charge in [-0.3, -0.25) is 0 Å². The number of hydrogen-bond acceptors (Lipinski definition) is 5. The maximum absolute atomic E-state index is 9.18. The lowest BCUT2D eigenvalue weighted by molar-refractivity contribution is 0.195. The summed E-state index contributed by atoms with van der Waals surface area (Å²) in [4.78, 5) is 9.18. The van der Waals surface area contributed by atoms with E-state index < -0.39 is 7.94 Å². The van der Waals surface area contributed by atoms with Gasteiger partial charge in [0.25, 0.3) is 0 Å². The Hall–Kier alpha value is 0.790. The summed E-state index contributed by atoms with van der Waals surface area (Å²) in [5.41, 5.74) is 0. The Morgan fingerprint density at radius 1 is 1.05 bits per heavy atom. The average molecular weight is 366 g/mol. The van der Waals surface area contributed by atoms with Crippen molar-refractivity contribution in [2.75, 3.05) is 33.0 Å². The van der Waals surface area contributed by atoms with Gasteiger partial charge >= 0.3 is 7.94 Å². The molecule has 0 aromatic carbocycles. The molecule has 0 radical (unpaired) electrons. The minimum atomic E-state index is -2.44. The highest BCUT2D eigenvalue weighted by atomic mass is 32.1. The number of thiocarbonyl (C=S) groups is 2. The zero-order valence-electron chi connectivity index (χ0n) is 11.3. The smallest absolute Gasteiger partial charge is 0.369 e. The van der Waals surface area contributed by atoms with Gasteiger partial charge in [0.05, 0.1) is 13.2 Å². The van der Waals surface area contributed by atoms with E-state index in [0.29, 0.717) is 34.9 Å². The summed E-state index contributed by atoms with van der Waals surface area (Å²) in [7, 11) is -2.44. The van der Waals surface area contributed by atoms with Gasteiger partial charge in [0.15, 0.2) is 0 Å². The SMILES string of the molecule is CCO[P+](C)(O)OCC.S=C(S)NCCNC(=S)S. The lowest BCUT2D eigenvalue weighted by Crippen LogP contribution is -2.29. The highest BCUT2D eigenvalue weighted by molar-refractivity contribution is 8.11. The van der Waals surface area contributed by atoms with Crippen LogP contribution in [-0.4, -0.2) is 46.5 Å². The summed E-state index contributed by atoms with van der Waals surface area (Å²) in [6.45, 7) is 7.66. The topological polar surface area (TPSA) is 62.8 Å². The van der Waals surface area contributed by atoms with Crippen LogP contribution in [0.1, 0.15) is 13.8 Å². The quantitative estimate of drug-likeness (QED) is 0.205. The second kappa shape index (κ2) is 13.8. The van der Waals surface area contributed by atoms with Gasteiger partial charge in [0.1, 0.15) is 15.3 Å². The van der Waals surface area contributed by atoms with Crippen LogP contribution in [0.3, 0.4) is 0 Å². The molecule has 0 aliphatic rings. The molecule has 0 fully saturated rings. The van der Waals surface area contributed by atoms with Crippen LogP contribution in [0.4, 0.5) is 0 Å². The molecule has 10 heteroatoms. The number of rotatable bonds is 7. The molecule has 5 nitrogen and oxygen atoms in total. The van der Waals surface area contributed by atoms with Crippen molar-refractivity contribution in [2.45, 2.75) is 13.8 Å². The number of hydrogen-bond donors (Lipinski definition) is 5. The lowest BCUT2D eigenvalue weighted by atomic mass is 10.6. The van der Waals surface area contributed by atoms with Crippen LogP contribution in [0.5, 0.6) is 0 Å². The van der Waals surface area contributed by atoms with Crippen LogP contribution in [0, 0.1) is 0 Å². The summed E-state index contributed by atoms with van der Waals surface area (Å²) in [6.07, 6.45) is 0. The van der Waals surface area contributed by atoms with Crippen molar-refractivity contribution in [1.82, 2.24) is 10.6 Å². The third kappa shape index (κ3) is 21.2. The van der Waals surface area contributed by atoms with Crippen LogP contribution in [-0.2, 0) is 9.05 Å². The molecule has 19 heavy (non-hydrogen) atoms. The van der Waals surface area contributed by atoms with Crippen LogP contribution in [0.2, 0.25) is 0 Å². The van der Waals surface area contributed by atoms with Gasteiger partial charge in [-0.15, -0.1) is 25.3 Å². The first-order chi connectivity index (χ1) is 8.75. The Balaban J connectivity index is 0. The number of thiol groups is 2. The summed E-state index contributed by atoms with van der Waals surface area (Å²) in [5, 5.41) is 5.68. The minimum absolute atomic E-state index is 0.492. The largest absolute Gasteiger partial charge is 0.405 e. The van der Waals surface area contributed by atoms with E-state index in [1.807, 2.05) is 13.8 Å². The summed E-state index contributed by atoms with van der Waals surface area (Å²) in [6, 6.07) is 0. The molecule has 114 valence electrons. The van der Waals surface area contributed by atoms with Crippen molar-refractivity contribution in [2.24, 2.45) is 0 Å². The zero-order chi connectivity index (χ0) is 15.3. The van der Waals surface area contributed by atoms with Crippen molar-refractivity contribution in [3.63, 3.8) is 0 Å². The summed E-state index contributed by atoms with van der Waals surface area (Å²) < 4.78 is 10.8. The molecule has 0 bridgehead atoms. The highest BCUT2D eigenvalue weighted by Gasteiger charge is 2.31. The first kappa shape index (κ1) is 22.1. The van der Waals surface area contributed by atoms with E-state index >= 15 is 0 Å². The molecule has 0 heterocycles. The maximum atomic E-state index is 9.18. The molecule has 0 aliphatic heterocycles. The highest BCUT2D eigenvalue weighted by Crippen LogP contribution is 2.52. The van der Waals surface area contributed by atoms with Crippen molar-refractivity contribution in [3.05, 3.63) is 0 Å². The van der Waals surface area contributed by atoms with E-state index in [2.05, 4.69) is 60.3 Å². The molecule has 0 amide bonds. The maximum Gasteiger partial charge on any atom is 0.405 e. The molecule has 0 spiro atoms. The predicted octanol–water partition coefficient (Wildman–Crippen LogP) is 2.04. The molecule has 0 saturated heterocycles. The monoisotopic (exact) mass is 365 g/mol. The molecule has 0 rings (SSSR count). The second-order valence-corrected chi connectivity index (χ2v) is 7.54. The van der Waals surface area contributed by atoms with E-state index in [0.717, 1.165) is 0 Å². The standard InChI is InChI=1S/C5H14O3P.C4H8N2S4/c1-4-7-9(3,6)8-5-2;7-3(8)5-1-2-6-4(9)10/h6H,4-5H2,1-3H3;1-2H2,(H2,5,7,8)(H2,6,9,10)/q+1;. The predicted molar refractivity (Wildman–Crippen MR) is 97.5 cm³/mol. The Labute approximate surface area is 137 Å². The number of nitrogens with one attached hydrogen (secondary N) is 2. The fourth-order valence-corrected chi connectivity index (χ4v) is 2.32. The van der Waals surface area contributed by atoms with Gasteiger partial charge in [0, 0.05) is 13.1 Å². The van der Waals surface area contributed by atoms with Gasteiger partial charge in [-0.05, 0) is 13.8 Å². The molecule has 0 aromatic rings. The molecule has 0 atom stereocenters. The molecule has 0 saturated carbocycles. The van der Waals surface area contributed by atoms with Crippen LogP contribution < -0.4 is 10.6 Å². The van der Waals surface area contributed by atoms with Crippen LogP contribution in [0.15, 0.2) is 0 Å². The van der Waals surface area contributed by atoms with Gasteiger partial charge in [0.2, 0.25) is 0 Å². The first-order valence-electron chi connectivity index (χ1n) is 5.57. The van der Waals surface area contributed by atoms with Gasteiger partial charge in [-0.25, -0.2) is 0 Å². The van der Waals surface area contributed by atoms with E-state index in [1.54, 1.807) is 6.66 Å². The second-order valence-electron chi connectivity index (χ2n) is 3.10. The van der Waals surface area contributed by atoms with Gasteiger partial charge in [-0.2, -0.15) is 13.9 Å². The Bertz CT molecular complexity index is 246. The van der Waals surface area contributed by atoms with E-state index in [1.165, 1.54) is 0 Å². The molecular weight excluding hydrogens is 343 g/mol. The van der Waals surface area contributed by atoms with Crippen molar-refractivity contribution in [1.29, 1.82) is 0 Å². The zero-order valence-corrected chi connectivity index (χ0v) is 15.6. The molecule has 0 aliphatic carbocycles. The third-order valence-corrected chi connectivity index (χ3v) is 3.49. The molecule has 0 aromatic heterocycles. The summed E-state index contributed by atoms with van der Waals surface area (Å²) >= 11 is 17.0. The van der Waals surface area contributed by atoms with Crippen molar-refractivity contribution in [3.8, 4) is 0 Å². The molecule has 0 unspecified atom stereocenters. The normalized spacial score (nSPS) is 10.2. The van der Waals surface area contributed by atoms with E-state index in [-0.39, 0.29) is 0 Å². The lowest BCUT2D eigenvalue weighted by Gasteiger charge is -2.09. The average Bonchev–Trinajstić information content (AvgIpc) is 2.24. The van der Waals surface area contributed by atoms with Gasteiger partial charge < -0.3 is 10.6 Å². The Kier molecular flexibility index (Phi) is 16.0. The Morgan fingerprint density at radius 2 is 1.37 bits per heavy atom. The first-order valence-corrected chi connectivity index (χ1v) is 9.30. The fraction of sp³-hybridized carbons (Fsp3) is 0.778. The van der Waals surface area contributed by atoms with Crippen molar-refractivity contribution >= 4 is 66.3 Å². The minimum Gasteiger partial charge on any atom is -0.369 e. The molecule has 3 N–H and O–H groups in total. The van der Waals surface area contributed by atoms with Crippen molar-refractivity contribution < 1.29 is 13.9 Å².